The van der Waals surface area contributed by atoms with E-state index in [0.717, 1.165) is 37.1 Å². The maximum atomic E-state index is 12.8. The number of carbonyl (C=O) groups is 1. The number of carbonyl (C=O) groups excluding carboxylic acids is 1. The highest BCUT2D eigenvalue weighted by atomic mass is 16.5. The Morgan fingerprint density at radius 3 is 2.92 bits per heavy atom. The summed E-state index contributed by atoms with van der Waals surface area (Å²) in [5.74, 6) is 2.09. The molecule has 2 aromatic rings. The Morgan fingerprint density at radius 2 is 2.19 bits per heavy atom. The zero-order chi connectivity index (χ0) is 18.5. The molecule has 140 valence electrons. The molecule has 3 rings (SSSR count). The standard InChI is InChI=1S/C19H25N3O4/c1-4-6-14-11-16(21-26-14)17-7-5-10-22(17)19(23)20-15-9-8-13(24-2)12-18(15)25-3/h8-9,11-12,17H,4-7,10H2,1-3H3,(H,20,23)/t17-/m0/s1. The number of ether oxygens (including phenoxy) is 2. The molecule has 0 saturated carbocycles. The minimum absolute atomic E-state index is 0.0615. The lowest BCUT2D eigenvalue weighted by Crippen LogP contribution is -2.34. The van der Waals surface area contributed by atoms with Crippen LogP contribution in [0.1, 0.15) is 43.7 Å². The molecule has 1 aromatic carbocycles. The summed E-state index contributed by atoms with van der Waals surface area (Å²) in [5.41, 5.74) is 1.43. The Balaban J connectivity index is 1.74. The molecule has 1 N–H and O–H groups in total. The van der Waals surface area contributed by atoms with E-state index in [1.807, 2.05) is 6.07 Å². The van der Waals surface area contributed by atoms with Crippen LogP contribution >= 0.6 is 0 Å². The third-order valence-electron chi connectivity index (χ3n) is 4.58. The molecule has 26 heavy (non-hydrogen) atoms. The summed E-state index contributed by atoms with van der Waals surface area (Å²) in [4.78, 5) is 14.6. The predicted molar refractivity (Wildman–Crippen MR) is 97.7 cm³/mol. The van der Waals surface area contributed by atoms with Gasteiger partial charge in [0.25, 0.3) is 0 Å². The van der Waals surface area contributed by atoms with Crippen LogP contribution in [-0.4, -0.2) is 36.9 Å². The summed E-state index contributed by atoms with van der Waals surface area (Å²) in [5, 5.41) is 7.11. The van der Waals surface area contributed by atoms with Gasteiger partial charge in [-0.15, -0.1) is 0 Å². The number of anilines is 1. The van der Waals surface area contributed by atoms with Gasteiger partial charge >= 0.3 is 6.03 Å². The van der Waals surface area contributed by atoms with Crippen molar-refractivity contribution in [3.8, 4) is 11.5 Å². The number of nitrogens with one attached hydrogen (secondary N) is 1. The largest absolute Gasteiger partial charge is 0.497 e. The van der Waals surface area contributed by atoms with Crippen LogP contribution in [0.3, 0.4) is 0 Å². The Bertz CT molecular complexity index is 759. The highest BCUT2D eigenvalue weighted by molar-refractivity contribution is 5.91. The maximum absolute atomic E-state index is 12.8. The lowest BCUT2D eigenvalue weighted by Gasteiger charge is -2.24. The van der Waals surface area contributed by atoms with Crippen molar-refractivity contribution in [3.05, 3.63) is 35.7 Å². The number of hydrogen-bond acceptors (Lipinski definition) is 5. The van der Waals surface area contributed by atoms with E-state index in [0.29, 0.717) is 23.7 Å². The number of aryl methyl sites for hydroxylation is 1. The van der Waals surface area contributed by atoms with Gasteiger partial charge in [0.1, 0.15) is 23.0 Å². The molecule has 1 aliphatic heterocycles. The zero-order valence-electron chi connectivity index (χ0n) is 15.4. The van der Waals surface area contributed by atoms with Crippen LogP contribution in [0.5, 0.6) is 11.5 Å². The SMILES string of the molecule is CCCc1cc([C@@H]2CCCN2C(=O)Nc2ccc(OC)cc2OC)no1. The second-order valence-electron chi connectivity index (χ2n) is 6.32. The van der Waals surface area contributed by atoms with Gasteiger partial charge in [-0.3, -0.25) is 0 Å². The van der Waals surface area contributed by atoms with Crippen molar-refractivity contribution in [2.75, 3.05) is 26.1 Å². The molecule has 2 heterocycles. The third-order valence-corrected chi connectivity index (χ3v) is 4.58. The fourth-order valence-electron chi connectivity index (χ4n) is 3.26. The molecular formula is C19H25N3O4. The fourth-order valence-corrected chi connectivity index (χ4v) is 3.26. The van der Waals surface area contributed by atoms with Crippen molar-refractivity contribution in [3.63, 3.8) is 0 Å². The lowest BCUT2D eigenvalue weighted by atomic mass is 10.1. The molecule has 1 aliphatic rings. The normalized spacial score (nSPS) is 16.6. The van der Waals surface area contributed by atoms with Crippen LogP contribution in [0, 0.1) is 0 Å². The summed E-state index contributed by atoms with van der Waals surface area (Å²) in [6.07, 6.45) is 3.68. The van der Waals surface area contributed by atoms with Crippen LogP contribution in [0.4, 0.5) is 10.5 Å². The molecule has 0 aliphatic carbocycles. The van der Waals surface area contributed by atoms with Gasteiger partial charge in [0.05, 0.1) is 25.9 Å². The molecule has 1 aromatic heterocycles. The number of nitrogens with zero attached hydrogens (tertiary/aromatic N) is 2. The van der Waals surface area contributed by atoms with Gasteiger partial charge in [0.15, 0.2) is 0 Å². The Kier molecular flexibility index (Phi) is 5.65. The Hall–Kier alpha value is -2.70. The molecule has 2 amide bonds. The summed E-state index contributed by atoms with van der Waals surface area (Å²) in [6, 6.07) is 7.04. The molecule has 7 heteroatoms. The van der Waals surface area contributed by atoms with Crippen molar-refractivity contribution in [1.29, 1.82) is 0 Å². The number of hydrogen-bond donors (Lipinski definition) is 1. The minimum Gasteiger partial charge on any atom is -0.497 e. The molecule has 0 spiro atoms. The van der Waals surface area contributed by atoms with E-state index < -0.39 is 0 Å². The monoisotopic (exact) mass is 359 g/mol. The van der Waals surface area contributed by atoms with Gasteiger partial charge in [0.2, 0.25) is 0 Å². The topological polar surface area (TPSA) is 76.8 Å². The summed E-state index contributed by atoms with van der Waals surface area (Å²) >= 11 is 0. The molecule has 1 saturated heterocycles. The van der Waals surface area contributed by atoms with Crippen LogP contribution < -0.4 is 14.8 Å². The summed E-state index contributed by atoms with van der Waals surface area (Å²) < 4.78 is 15.9. The number of urea groups is 1. The van der Waals surface area contributed by atoms with Gasteiger partial charge in [-0.2, -0.15) is 0 Å². The van der Waals surface area contributed by atoms with Crippen molar-refractivity contribution in [1.82, 2.24) is 10.1 Å². The smallest absolute Gasteiger partial charge is 0.322 e. The molecule has 1 atom stereocenters. The number of rotatable bonds is 6. The number of amides is 2. The highest BCUT2D eigenvalue weighted by Crippen LogP contribution is 2.34. The molecular weight excluding hydrogens is 334 g/mol. The van der Waals surface area contributed by atoms with Crippen molar-refractivity contribution in [2.45, 2.75) is 38.6 Å². The first-order chi connectivity index (χ1) is 12.7. The summed E-state index contributed by atoms with van der Waals surface area (Å²) in [6.45, 7) is 2.78. The van der Waals surface area contributed by atoms with E-state index in [9.17, 15) is 4.79 Å². The van der Waals surface area contributed by atoms with Gasteiger partial charge < -0.3 is 24.2 Å². The van der Waals surface area contributed by atoms with Crippen LogP contribution in [0.15, 0.2) is 28.8 Å². The zero-order valence-corrected chi connectivity index (χ0v) is 15.4. The fraction of sp³-hybridized carbons (Fsp3) is 0.474. The molecule has 7 nitrogen and oxygen atoms in total. The van der Waals surface area contributed by atoms with Gasteiger partial charge in [-0.25, -0.2) is 4.79 Å². The van der Waals surface area contributed by atoms with E-state index in [2.05, 4.69) is 17.4 Å². The Morgan fingerprint density at radius 1 is 1.35 bits per heavy atom. The van der Waals surface area contributed by atoms with E-state index >= 15 is 0 Å². The number of benzene rings is 1. The highest BCUT2D eigenvalue weighted by Gasteiger charge is 2.32. The van der Waals surface area contributed by atoms with Crippen LogP contribution in [0.2, 0.25) is 0 Å². The second kappa shape index (κ2) is 8.12. The quantitative estimate of drug-likeness (QED) is 0.843. The van der Waals surface area contributed by atoms with Crippen LogP contribution in [0.25, 0.3) is 0 Å². The molecule has 0 bridgehead atoms. The Labute approximate surface area is 153 Å². The summed E-state index contributed by atoms with van der Waals surface area (Å²) in [7, 11) is 3.15. The molecule has 0 unspecified atom stereocenters. The van der Waals surface area contributed by atoms with E-state index in [-0.39, 0.29) is 12.1 Å². The third kappa shape index (κ3) is 3.76. The van der Waals surface area contributed by atoms with Gasteiger partial charge in [0, 0.05) is 25.1 Å². The van der Waals surface area contributed by atoms with Crippen LogP contribution in [-0.2, 0) is 6.42 Å². The number of likely N-dealkylation sites (tertiary alicyclic amines) is 1. The first kappa shape index (κ1) is 18.1. The number of aromatic nitrogens is 1. The van der Waals surface area contributed by atoms with Gasteiger partial charge in [-0.1, -0.05) is 12.1 Å². The van der Waals surface area contributed by atoms with E-state index in [4.69, 9.17) is 14.0 Å². The average molecular weight is 359 g/mol. The minimum atomic E-state index is -0.170. The first-order valence-corrected chi connectivity index (χ1v) is 8.91. The lowest BCUT2D eigenvalue weighted by molar-refractivity contribution is 0.204. The maximum Gasteiger partial charge on any atom is 0.322 e. The number of methoxy groups -OCH3 is 2. The molecule has 1 fully saturated rings. The first-order valence-electron chi connectivity index (χ1n) is 8.91. The van der Waals surface area contributed by atoms with Crippen molar-refractivity contribution in [2.24, 2.45) is 0 Å². The predicted octanol–water partition coefficient (Wildman–Crippen LogP) is 4.01. The van der Waals surface area contributed by atoms with Crippen molar-refractivity contribution >= 4 is 11.7 Å². The van der Waals surface area contributed by atoms with Gasteiger partial charge in [-0.05, 0) is 31.4 Å². The van der Waals surface area contributed by atoms with E-state index in [1.54, 1.807) is 37.3 Å². The van der Waals surface area contributed by atoms with E-state index in [1.165, 1.54) is 0 Å². The molecule has 0 radical (unpaired) electrons. The average Bonchev–Trinajstić information content (AvgIpc) is 3.31. The van der Waals surface area contributed by atoms with Crippen molar-refractivity contribution < 1.29 is 18.8 Å². The second-order valence-corrected chi connectivity index (χ2v) is 6.32.